The number of amides is 1. The molecule has 1 aliphatic rings. The van der Waals surface area contributed by atoms with E-state index in [0.29, 0.717) is 12.2 Å². The van der Waals surface area contributed by atoms with E-state index in [0.717, 1.165) is 6.42 Å². The largest absolute Gasteiger partial charge is 0.481 e. The van der Waals surface area contributed by atoms with E-state index in [1.807, 2.05) is 6.92 Å². The summed E-state index contributed by atoms with van der Waals surface area (Å²) >= 11 is 1.51. The zero-order valence-corrected chi connectivity index (χ0v) is 11.4. The Kier molecular flexibility index (Phi) is 5.74. The van der Waals surface area contributed by atoms with Crippen LogP contribution in [0.5, 0.6) is 0 Å². The van der Waals surface area contributed by atoms with Gasteiger partial charge in [0.15, 0.2) is 0 Å². The van der Waals surface area contributed by atoms with Crippen LogP contribution in [0.15, 0.2) is 0 Å². The molecule has 0 spiro atoms. The molecular formula is C11H20N2O4S. The molecule has 4 N–H and O–H groups in total. The number of aliphatic carboxylic acids is 1. The lowest BCUT2D eigenvalue weighted by molar-refractivity contribution is -0.142. The fourth-order valence-corrected chi connectivity index (χ4v) is 3.77. The predicted octanol–water partition coefficient (Wildman–Crippen LogP) is 0.655. The van der Waals surface area contributed by atoms with E-state index in [1.165, 1.54) is 18.9 Å². The van der Waals surface area contributed by atoms with Gasteiger partial charge in [0.05, 0.1) is 19.1 Å². The number of carboxylic acid groups (broad SMARTS) is 1. The Labute approximate surface area is 111 Å². The molecule has 0 aromatic carbocycles. The minimum absolute atomic E-state index is 0.162. The lowest BCUT2D eigenvalue weighted by Gasteiger charge is -2.24. The molecule has 0 bridgehead atoms. The number of methoxy groups -OCH3 is 1. The molecule has 0 radical (unpaired) electrons. The molecule has 1 aliphatic heterocycles. The minimum Gasteiger partial charge on any atom is -0.481 e. The predicted molar refractivity (Wildman–Crippen MR) is 69.6 cm³/mol. The van der Waals surface area contributed by atoms with Crippen LogP contribution in [0.2, 0.25) is 0 Å². The number of hydrogen-bond donors (Lipinski definition) is 3. The van der Waals surface area contributed by atoms with Crippen molar-refractivity contribution >= 4 is 23.8 Å². The molecule has 104 valence electrons. The SMILES string of the molecule is CCCC(C(=O)O)[C@H]1SC[C@@H](NC(=O)OC)[C@H]1N. The van der Waals surface area contributed by atoms with Gasteiger partial charge in [-0.1, -0.05) is 13.3 Å². The Morgan fingerprint density at radius 1 is 1.61 bits per heavy atom. The molecule has 1 heterocycles. The van der Waals surface area contributed by atoms with Crippen LogP contribution in [0, 0.1) is 5.92 Å². The van der Waals surface area contributed by atoms with Gasteiger partial charge in [-0.2, -0.15) is 11.8 Å². The average Bonchev–Trinajstić information content (AvgIpc) is 2.67. The highest BCUT2D eigenvalue weighted by Crippen LogP contribution is 2.34. The van der Waals surface area contributed by atoms with Crippen LogP contribution in [0.1, 0.15) is 19.8 Å². The van der Waals surface area contributed by atoms with Gasteiger partial charge in [-0.05, 0) is 6.42 Å². The molecular weight excluding hydrogens is 256 g/mol. The molecule has 1 rings (SSSR count). The number of nitrogens with one attached hydrogen (secondary N) is 1. The summed E-state index contributed by atoms with van der Waals surface area (Å²) in [6.45, 7) is 1.95. The van der Waals surface area contributed by atoms with Crippen molar-refractivity contribution in [3.63, 3.8) is 0 Å². The second kappa shape index (κ2) is 6.84. The number of carbonyl (C=O) groups excluding carboxylic acids is 1. The van der Waals surface area contributed by atoms with Crippen LogP contribution in [0.4, 0.5) is 4.79 Å². The number of alkyl carbamates (subject to hydrolysis) is 1. The lowest BCUT2D eigenvalue weighted by Crippen LogP contribution is -2.51. The van der Waals surface area contributed by atoms with Crippen molar-refractivity contribution in [1.82, 2.24) is 5.32 Å². The summed E-state index contributed by atoms with van der Waals surface area (Å²) < 4.78 is 4.52. The van der Waals surface area contributed by atoms with Gasteiger partial charge in [0.2, 0.25) is 0 Å². The summed E-state index contributed by atoms with van der Waals surface area (Å²) in [4.78, 5) is 22.4. The monoisotopic (exact) mass is 276 g/mol. The fraction of sp³-hybridized carbons (Fsp3) is 0.818. The first kappa shape index (κ1) is 15.1. The third-order valence-corrected chi connectivity index (χ3v) is 4.69. The summed E-state index contributed by atoms with van der Waals surface area (Å²) in [5, 5.41) is 11.7. The molecule has 0 saturated carbocycles. The highest BCUT2D eigenvalue weighted by Gasteiger charge is 2.42. The Bertz CT molecular complexity index is 313. The summed E-state index contributed by atoms with van der Waals surface area (Å²) in [6, 6.07) is -0.590. The molecule has 0 aromatic rings. The van der Waals surface area contributed by atoms with Gasteiger partial charge < -0.3 is 20.9 Å². The first-order chi connectivity index (χ1) is 8.51. The van der Waals surface area contributed by atoms with E-state index >= 15 is 0 Å². The van der Waals surface area contributed by atoms with E-state index < -0.39 is 18.0 Å². The zero-order chi connectivity index (χ0) is 13.7. The number of carboxylic acids is 1. The first-order valence-electron chi connectivity index (χ1n) is 5.95. The average molecular weight is 276 g/mol. The van der Waals surface area contributed by atoms with Gasteiger partial charge in [-0.25, -0.2) is 4.79 Å². The normalized spacial score (nSPS) is 28.7. The van der Waals surface area contributed by atoms with Gasteiger partial charge in [0, 0.05) is 17.0 Å². The van der Waals surface area contributed by atoms with E-state index in [2.05, 4.69) is 10.1 Å². The fourth-order valence-electron chi connectivity index (χ4n) is 2.14. The van der Waals surface area contributed by atoms with E-state index in [1.54, 1.807) is 0 Å². The highest BCUT2D eigenvalue weighted by atomic mass is 32.2. The van der Waals surface area contributed by atoms with Gasteiger partial charge in [-0.15, -0.1) is 0 Å². The maximum Gasteiger partial charge on any atom is 0.407 e. The number of hydrogen-bond acceptors (Lipinski definition) is 5. The number of ether oxygens (including phenoxy) is 1. The first-order valence-corrected chi connectivity index (χ1v) is 7.00. The smallest absolute Gasteiger partial charge is 0.407 e. The van der Waals surface area contributed by atoms with Crippen molar-refractivity contribution < 1.29 is 19.4 Å². The Morgan fingerprint density at radius 2 is 2.28 bits per heavy atom. The van der Waals surface area contributed by atoms with Crippen molar-refractivity contribution in [1.29, 1.82) is 0 Å². The van der Waals surface area contributed by atoms with Gasteiger partial charge in [0.25, 0.3) is 0 Å². The van der Waals surface area contributed by atoms with Crippen LogP contribution >= 0.6 is 11.8 Å². The van der Waals surface area contributed by atoms with Gasteiger partial charge in [0.1, 0.15) is 0 Å². The van der Waals surface area contributed by atoms with Crippen LogP contribution in [-0.4, -0.2) is 47.4 Å². The van der Waals surface area contributed by atoms with Crippen molar-refractivity contribution in [3.8, 4) is 0 Å². The molecule has 1 unspecified atom stereocenters. The summed E-state index contributed by atoms with van der Waals surface area (Å²) in [5.41, 5.74) is 6.04. The molecule has 0 aromatic heterocycles. The molecule has 4 atom stereocenters. The third-order valence-electron chi connectivity index (χ3n) is 3.11. The second-order valence-electron chi connectivity index (χ2n) is 4.35. The van der Waals surface area contributed by atoms with E-state index in [9.17, 15) is 14.7 Å². The van der Waals surface area contributed by atoms with Crippen molar-refractivity contribution in [2.75, 3.05) is 12.9 Å². The van der Waals surface area contributed by atoms with Crippen molar-refractivity contribution in [2.45, 2.75) is 37.1 Å². The second-order valence-corrected chi connectivity index (χ2v) is 5.56. The van der Waals surface area contributed by atoms with Gasteiger partial charge in [-0.3, -0.25) is 4.79 Å². The third kappa shape index (κ3) is 3.52. The van der Waals surface area contributed by atoms with Crippen LogP contribution in [0.25, 0.3) is 0 Å². The number of rotatable bonds is 5. The van der Waals surface area contributed by atoms with Crippen LogP contribution in [-0.2, 0) is 9.53 Å². The quantitative estimate of drug-likeness (QED) is 0.681. The minimum atomic E-state index is -0.816. The van der Waals surface area contributed by atoms with Crippen molar-refractivity contribution in [2.24, 2.45) is 11.7 Å². The Morgan fingerprint density at radius 3 is 2.78 bits per heavy atom. The number of carbonyl (C=O) groups is 2. The molecule has 7 heteroatoms. The maximum atomic E-state index is 11.2. The van der Waals surface area contributed by atoms with E-state index in [4.69, 9.17) is 5.73 Å². The zero-order valence-electron chi connectivity index (χ0n) is 10.6. The van der Waals surface area contributed by atoms with E-state index in [-0.39, 0.29) is 17.3 Å². The molecule has 1 saturated heterocycles. The Balaban J connectivity index is 2.64. The van der Waals surface area contributed by atoms with Crippen molar-refractivity contribution in [3.05, 3.63) is 0 Å². The number of nitrogens with two attached hydrogens (primary N) is 1. The lowest BCUT2D eigenvalue weighted by atomic mass is 9.92. The number of thioether (sulfide) groups is 1. The Hall–Kier alpha value is -0.950. The van der Waals surface area contributed by atoms with Crippen LogP contribution in [0.3, 0.4) is 0 Å². The van der Waals surface area contributed by atoms with Crippen LogP contribution < -0.4 is 11.1 Å². The molecule has 18 heavy (non-hydrogen) atoms. The molecule has 1 fully saturated rings. The summed E-state index contributed by atoms with van der Waals surface area (Å²) in [7, 11) is 1.29. The summed E-state index contributed by atoms with van der Waals surface area (Å²) in [6.07, 6.45) is 0.876. The van der Waals surface area contributed by atoms with Gasteiger partial charge >= 0.3 is 12.1 Å². The topological polar surface area (TPSA) is 102 Å². The summed E-state index contributed by atoms with van der Waals surface area (Å²) in [5.74, 6) is -0.656. The standard InChI is InChI=1S/C11H20N2O4S/c1-3-4-6(10(14)15)9-8(12)7(5-18-9)13-11(16)17-2/h6-9H,3-5,12H2,1-2H3,(H,13,16)(H,14,15)/t6?,7-,8-,9-/m1/s1. The maximum absolute atomic E-state index is 11.2. The molecule has 6 nitrogen and oxygen atoms in total. The highest BCUT2D eigenvalue weighted by molar-refractivity contribution is 8.00. The molecule has 0 aliphatic carbocycles. The molecule has 1 amide bonds.